The molecule has 168 valence electrons. The van der Waals surface area contributed by atoms with Crippen LogP contribution in [0.1, 0.15) is 48.0 Å². The monoisotopic (exact) mass is 454 g/mol. The number of hydrogen-bond acceptors (Lipinski definition) is 4. The molecule has 2 N–H and O–H groups in total. The Kier molecular flexibility index (Phi) is 6.36. The van der Waals surface area contributed by atoms with Crippen molar-refractivity contribution in [2.75, 3.05) is 17.7 Å². The van der Waals surface area contributed by atoms with Crippen molar-refractivity contribution >= 4 is 33.8 Å². The molecule has 2 aromatic rings. The molecule has 3 rings (SSSR count). The predicted molar refractivity (Wildman–Crippen MR) is 115 cm³/mol. The minimum absolute atomic E-state index is 0.0303. The van der Waals surface area contributed by atoms with Crippen LogP contribution in [0.25, 0.3) is 0 Å². The zero-order valence-electron chi connectivity index (χ0n) is 17.8. The van der Waals surface area contributed by atoms with Crippen LogP contribution in [0.4, 0.5) is 23.9 Å². The Hall–Kier alpha value is -2.55. The number of hydrogen-bond donors (Lipinski definition) is 2. The van der Waals surface area contributed by atoms with Gasteiger partial charge in [-0.1, -0.05) is 20.8 Å². The second-order valence-electron chi connectivity index (χ2n) is 8.65. The second kappa shape index (κ2) is 8.53. The van der Waals surface area contributed by atoms with Crippen LogP contribution in [0, 0.1) is 11.3 Å². The van der Waals surface area contributed by atoms with Gasteiger partial charge in [0.2, 0.25) is 0 Å². The van der Waals surface area contributed by atoms with Gasteiger partial charge in [-0.15, -0.1) is 11.3 Å². The number of ether oxygens (including phenoxy) is 1. The molecule has 0 bridgehead atoms. The van der Waals surface area contributed by atoms with E-state index in [1.54, 1.807) is 24.3 Å². The SMILES string of the molecule is COc1ccc(NC(=O)c2c(NC(=O)C(F)(F)F)sc3c2CC[C@H](C(C)(C)C)C3)cc1. The first-order chi connectivity index (χ1) is 14.4. The first-order valence-electron chi connectivity index (χ1n) is 9.88. The fraction of sp³-hybridized carbons (Fsp3) is 0.455. The minimum atomic E-state index is -5.04. The van der Waals surface area contributed by atoms with Crippen molar-refractivity contribution in [1.82, 2.24) is 0 Å². The fourth-order valence-electron chi connectivity index (χ4n) is 3.70. The van der Waals surface area contributed by atoms with Crippen LogP contribution in [-0.4, -0.2) is 25.1 Å². The van der Waals surface area contributed by atoms with E-state index in [4.69, 9.17) is 4.74 Å². The number of fused-ring (bicyclic) bond motifs is 1. The molecule has 1 aromatic heterocycles. The number of rotatable bonds is 4. The molecular weight excluding hydrogens is 429 g/mol. The Morgan fingerprint density at radius 3 is 2.29 bits per heavy atom. The lowest BCUT2D eigenvalue weighted by molar-refractivity contribution is -0.167. The third-order valence-electron chi connectivity index (χ3n) is 5.55. The molecule has 0 radical (unpaired) electrons. The van der Waals surface area contributed by atoms with Crippen molar-refractivity contribution in [1.29, 1.82) is 0 Å². The van der Waals surface area contributed by atoms with E-state index in [9.17, 15) is 22.8 Å². The van der Waals surface area contributed by atoms with E-state index in [0.29, 0.717) is 35.8 Å². The highest BCUT2D eigenvalue weighted by Crippen LogP contribution is 2.44. The smallest absolute Gasteiger partial charge is 0.471 e. The zero-order valence-corrected chi connectivity index (χ0v) is 18.6. The quantitative estimate of drug-likeness (QED) is 0.626. The highest BCUT2D eigenvalue weighted by atomic mass is 32.1. The molecule has 1 aliphatic carbocycles. The van der Waals surface area contributed by atoms with Gasteiger partial charge in [-0.3, -0.25) is 9.59 Å². The van der Waals surface area contributed by atoms with Gasteiger partial charge in [0.05, 0.1) is 12.7 Å². The largest absolute Gasteiger partial charge is 0.497 e. The molecule has 0 fully saturated rings. The molecule has 1 heterocycles. The average Bonchev–Trinajstić information content (AvgIpc) is 3.04. The third-order valence-corrected chi connectivity index (χ3v) is 6.72. The molecule has 0 unspecified atom stereocenters. The van der Waals surface area contributed by atoms with E-state index >= 15 is 0 Å². The summed E-state index contributed by atoms with van der Waals surface area (Å²) in [6.07, 6.45) is -2.99. The van der Waals surface area contributed by atoms with E-state index in [2.05, 4.69) is 26.1 Å². The second-order valence-corrected chi connectivity index (χ2v) is 9.75. The number of carbonyl (C=O) groups excluding carboxylic acids is 2. The van der Waals surface area contributed by atoms with Gasteiger partial charge in [-0.05, 0) is 60.4 Å². The molecule has 0 saturated heterocycles. The maximum absolute atomic E-state index is 13.1. The lowest BCUT2D eigenvalue weighted by atomic mass is 9.72. The summed E-state index contributed by atoms with van der Waals surface area (Å²) in [5.41, 5.74) is 1.33. The first kappa shape index (κ1) is 23.1. The molecular formula is C22H25F3N2O3S. The number of amides is 2. The number of benzene rings is 1. The van der Waals surface area contributed by atoms with Crippen LogP contribution in [0.2, 0.25) is 0 Å². The van der Waals surface area contributed by atoms with Gasteiger partial charge in [0.25, 0.3) is 5.91 Å². The summed E-state index contributed by atoms with van der Waals surface area (Å²) in [4.78, 5) is 25.5. The summed E-state index contributed by atoms with van der Waals surface area (Å²) < 4.78 is 43.7. The summed E-state index contributed by atoms with van der Waals surface area (Å²) in [6, 6.07) is 6.61. The minimum Gasteiger partial charge on any atom is -0.497 e. The lowest BCUT2D eigenvalue weighted by Gasteiger charge is -2.33. The van der Waals surface area contributed by atoms with E-state index in [1.807, 2.05) is 5.32 Å². The van der Waals surface area contributed by atoms with Gasteiger partial charge >= 0.3 is 12.1 Å². The molecule has 31 heavy (non-hydrogen) atoms. The van der Waals surface area contributed by atoms with Crippen LogP contribution in [0.5, 0.6) is 5.75 Å². The fourth-order valence-corrected chi connectivity index (χ4v) is 5.02. The van der Waals surface area contributed by atoms with Crippen molar-refractivity contribution in [2.24, 2.45) is 11.3 Å². The normalized spacial score (nSPS) is 16.4. The number of methoxy groups -OCH3 is 1. The van der Waals surface area contributed by atoms with Gasteiger partial charge in [-0.2, -0.15) is 13.2 Å². The molecule has 0 spiro atoms. The maximum atomic E-state index is 13.1. The van der Waals surface area contributed by atoms with Crippen molar-refractivity contribution in [3.63, 3.8) is 0 Å². The van der Waals surface area contributed by atoms with Gasteiger partial charge in [0.1, 0.15) is 10.8 Å². The highest BCUT2D eigenvalue weighted by Gasteiger charge is 2.41. The first-order valence-corrected chi connectivity index (χ1v) is 10.7. The third kappa shape index (κ3) is 5.20. The highest BCUT2D eigenvalue weighted by molar-refractivity contribution is 7.17. The molecule has 1 aliphatic rings. The Labute approximate surface area is 183 Å². The Balaban J connectivity index is 1.95. The van der Waals surface area contributed by atoms with Gasteiger partial charge in [-0.25, -0.2) is 0 Å². The standard InChI is InChI=1S/C22H25F3N2O3S/c1-21(2,3)12-5-10-15-16(11-12)31-19(27-20(29)22(23,24)25)17(15)18(28)26-13-6-8-14(30-4)9-7-13/h6-9,12H,5,10-11H2,1-4H3,(H,26,28)(H,27,29)/t12-/m0/s1. The molecule has 1 atom stereocenters. The van der Waals surface area contributed by atoms with Crippen LogP contribution in [0.3, 0.4) is 0 Å². The molecule has 1 aromatic carbocycles. The van der Waals surface area contributed by atoms with Gasteiger partial charge in [0, 0.05) is 10.6 Å². The van der Waals surface area contributed by atoms with Crippen molar-refractivity contribution in [2.45, 2.75) is 46.2 Å². The molecule has 9 heteroatoms. The van der Waals surface area contributed by atoms with E-state index < -0.39 is 18.0 Å². The van der Waals surface area contributed by atoms with E-state index in [-0.39, 0.29) is 16.0 Å². The van der Waals surface area contributed by atoms with Crippen molar-refractivity contribution < 1.29 is 27.5 Å². The Morgan fingerprint density at radius 2 is 1.74 bits per heavy atom. The number of alkyl halides is 3. The van der Waals surface area contributed by atoms with Crippen LogP contribution in [0.15, 0.2) is 24.3 Å². The topological polar surface area (TPSA) is 67.4 Å². The van der Waals surface area contributed by atoms with Gasteiger partial charge in [0.15, 0.2) is 0 Å². The molecule has 5 nitrogen and oxygen atoms in total. The van der Waals surface area contributed by atoms with Crippen LogP contribution >= 0.6 is 11.3 Å². The maximum Gasteiger partial charge on any atom is 0.471 e. The lowest BCUT2D eigenvalue weighted by Crippen LogP contribution is -2.30. The number of carbonyl (C=O) groups is 2. The number of nitrogens with one attached hydrogen (secondary N) is 2. The van der Waals surface area contributed by atoms with Gasteiger partial charge < -0.3 is 15.4 Å². The van der Waals surface area contributed by atoms with Crippen molar-refractivity contribution in [3.8, 4) is 5.75 Å². The van der Waals surface area contributed by atoms with Crippen LogP contribution < -0.4 is 15.4 Å². The predicted octanol–water partition coefficient (Wildman–Crippen LogP) is 5.66. The number of anilines is 2. The summed E-state index contributed by atoms with van der Waals surface area (Å²) >= 11 is 1.06. The molecule has 2 amide bonds. The van der Waals surface area contributed by atoms with E-state index in [0.717, 1.165) is 22.6 Å². The summed E-state index contributed by atoms with van der Waals surface area (Å²) in [7, 11) is 1.52. The molecule has 0 aliphatic heterocycles. The average molecular weight is 455 g/mol. The summed E-state index contributed by atoms with van der Waals surface area (Å²) in [5.74, 6) is -1.69. The Morgan fingerprint density at radius 1 is 1.10 bits per heavy atom. The molecule has 0 saturated carbocycles. The summed E-state index contributed by atoms with van der Waals surface area (Å²) in [6.45, 7) is 6.37. The zero-order chi connectivity index (χ0) is 23.0. The number of halogens is 3. The van der Waals surface area contributed by atoms with E-state index in [1.165, 1.54) is 7.11 Å². The summed E-state index contributed by atoms with van der Waals surface area (Å²) in [5, 5.41) is 4.58. The number of thiophene rings is 1. The van der Waals surface area contributed by atoms with Crippen LogP contribution in [-0.2, 0) is 17.6 Å². The Bertz CT molecular complexity index is 976. The van der Waals surface area contributed by atoms with Crippen molar-refractivity contribution in [3.05, 3.63) is 40.3 Å².